The van der Waals surface area contributed by atoms with E-state index in [9.17, 15) is 14.4 Å². The zero-order chi connectivity index (χ0) is 15.7. The highest BCUT2D eigenvalue weighted by molar-refractivity contribution is 6.30. The maximum Gasteiger partial charge on any atom is 0.322 e. The molecule has 0 aliphatic rings. The summed E-state index contributed by atoms with van der Waals surface area (Å²) in [7, 11) is 0. The Morgan fingerprint density at radius 3 is 2.29 bits per heavy atom. The van der Waals surface area contributed by atoms with Crippen molar-refractivity contribution < 1.29 is 24.2 Å². The summed E-state index contributed by atoms with van der Waals surface area (Å²) in [6.07, 6.45) is 0.0782. The molecule has 1 rings (SSSR count). The second-order valence-corrected chi connectivity index (χ2v) is 4.44. The van der Waals surface area contributed by atoms with Crippen LogP contribution < -0.4 is 15.4 Å². The topological polar surface area (TPSA) is 105 Å². The number of carboxylic acid groups (broad SMARTS) is 1. The fraction of sp³-hybridized carbons (Fsp3) is 0.308. The molecule has 0 bridgehead atoms. The summed E-state index contributed by atoms with van der Waals surface area (Å²) in [6, 6.07) is 6.70. The summed E-state index contributed by atoms with van der Waals surface area (Å²) in [4.78, 5) is 32.8. The third-order valence-corrected chi connectivity index (χ3v) is 2.55. The Morgan fingerprint density at radius 2 is 1.67 bits per heavy atom. The number of hydrogen-bond acceptors (Lipinski definition) is 4. The van der Waals surface area contributed by atoms with Crippen LogP contribution in [0.5, 0.6) is 5.75 Å². The summed E-state index contributed by atoms with van der Waals surface area (Å²) >= 11 is 5.72. The molecule has 0 unspecified atom stereocenters. The van der Waals surface area contributed by atoms with Crippen LogP contribution in [0.1, 0.15) is 6.42 Å². The van der Waals surface area contributed by atoms with E-state index in [0.29, 0.717) is 10.8 Å². The lowest BCUT2D eigenvalue weighted by molar-refractivity contribution is -0.137. The zero-order valence-electron chi connectivity index (χ0n) is 11.1. The minimum Gasteiger partial charge on any atom is -0.493 e. The number of rotatable bonds is 8. The molecule has 114 valence electrons. The number of hydrogen-bond donors (Lipinski definition) is 3. The van der Waals surface area contributed by atoms with Crippen molar-refractivity contribution in [2.75, 3.05) is 19.7 Å². The molecule has 0 saturated carbocycles. The van der Waals surface area contributed by atoms with Gasteiger partial charge < -0.3 is 20.5 Å². The van der Waals surface area contributed by atoms with E-state index in [-0.39, 0.29) is 25.5 Å². The van der Waals surface area contributed by atoms with Gasteiger partial charge in [0.25, 0.3) is 0 Å². The van der Waals surface area contributed by atoms with E-state index in [0.717, 1.165) is 0 Å². The minimum atomic E-state index is -1.15. The molecule has 0 aliphatic heterocycles. The molecule has 0 radical (unpaired) electrons. The van der Waals surface area contributed by atoms with Crippen LogP contribution >= 0.6 is 11.6 Å². The third kappa shape index (κ3) is 7.78. The van der Waals surface area contributed by atoms with Gasteiger partial charge in [0.1, 0.15) is 12.3 Å². The molecule has 7 nitrogen and oxygen atoms in total. The van der Waals surface area contributed by atoms with Crippen molar-refractivity contribution in [2.45, 2.75) is 6.42 Å². The fourth-order valence-corrected chi connectivity index (χ4v) is 1.42. The van der Waals surface area contributed by atoms with Gasteiger partial charge in [-0.3, -0.25) is 14.4 Å². The number of carboxylic acids is 1. The van der Waals surface area contributed by atoms with E-state index in [4.69, 9.17) is 21.4 Å². The van der Waals surface area contributed by atoms with E-state index in [1.165, 1.54) is 0 Å². The first-order chi connectivity index (χ1) is 9.97. The lowest BCUT2D eigenvalue weighted by Gasteiger charge is -2.07. The molecular formula is C13H15ClN2O5. The van der Waals surface area contributed by atoms with Gasteiger partial charge in [0, 0.05) is 5.02 Å². The van der Waals surface area contributed by atoms with Gasteiger partial charge in [0.05, 0.1) is 19.6 Å². The lowest BCUT2D eigenvalue weighted by Crippen LogP contribution is -2.39. The van der Waals surface area contributed by atoms with Gasteiger partial charge in [-0.2, -0.15) is 0 Å². The molecule has 0 aromatic heterocycles. The van der Waals surface area contributed by atoms with Crippen LogP contribution in [0.3, 0.4) is 0 Å². The van der Waals surface area contributed by atoms with Crippen molar-refractivity contribution >= 4 is 29.4 Å². The maximum atomic E-state index is 11.4. The Morgan fingerprint density at radius 1 is 1.05 bits per heavy atom. The largest absolute Gasteiger partial charge is 0.493 e. The number of amides is 2. The van der Waals surface area contributed by atoms with E-state index >= 15 is 0 Å². The number of aliphatic carboxylic acids is 1. The lowest BCUT2D eigenvalue weighted by atomic mass is 10.3. The van der Waals surface area contributed by atoms with Gasteiger partial charge in [-0.25, -0.2) is 0 Å². The highest BCUT2D eigenvalue weighted by Gasteiger charge is 2.07. The summed E-state index contributed by atoms with van der Waals surface area (Å²) in [5.41, 5.74) is 0. The Hall–Kier alpha value is -2.28. The molecule has 0 heterocycles. The smallest absolute Gasteiger partial charge is 0.322 e. The number of nitrogens with one attached hydrogen (secondary N) is 2. The maximum absolute atomic E-state index is 11.4. The Labute approximate surface area is 126 Å². The monoisotopic (exact) mass is 314 g/mol. The average Bonchev–Trinajstić information content (AvgIpc) is 2.45. The Bertz CT molecular complexity index is 504. The summed E-state index contributed by atoms with van der Waals surface area (Å²) in [5.74, 6) is -1.49. The number of carbonyl (C=O) groups is 3. The number of benzene rings is 1. The zero-order valence-corrected chi connectivity index (χ0v) is 11.9. The van der Waals surface area contributed by atoms with Crippen molar-refractivity contribution in [3.63, 3.8) is 0 Å². The molecule has 0 atom stereocenters. The second-order valence-electron chi connectivity index (χ2n) is 4.00. The molecular weight excluding hydrogens is 300 g/mol. The van der Waals surface area contributed by atoms with Crippen molar-refractivity contribution in [2.24, 2.45) is 0 Å². The highest BCUT2D eigenvalue weighted by Crippen LogP contribution is 2.15. The van der Waals surface area contributed by atoms with Gasteiger partial charge in [-0.1, -0.05) is 11.6 Å². The molecule has 8 heteroatoms. The summed E-state index contributed by atoms with van der Waals surface area (Å²) in [6.45, 7) is -0.592. The predicted octanol–water partition coefficient (Wildman–Crippen LogP) is 0.426. The number of halogens is 1. The molecule has 1 aromatic rings. The van der Waals surface area contributed by atoms with E-state index in [1.807, 2.05) is 0 Å². The van der Waals surface area contributed by atoms with Crippen LogP contribution in [0.15, 0.2) is 24.3 Å². The average molecular weight is 315 g/mol. The van der Waals surface area contributed by atoms with Crippen LogP contribution in [-0.4, -0.2) is 42.6 Å². The summed E-state index contributed by atoms with van der Waals surface area (Å²) < 4.78 is 5.32. The van der Waals surface area contributed by atoms with Crippen LogP contribution in [-0.2, 0) is 14.4 Å². The van der Waals surface area contributed by atoms with Gasteiger partial charge in [-0.15, -0.1) is 0 Å². The van der Waals surface area contributed by atoms with Crippen molar-refractivity contribution in [1.29, 1.82) is 0 Å². The fourth-order valence-electron chi connectivity index (χ4n) is 1.30. The molecule has 1 aromatic carbocycles. The van der Waals surface area contributed by atoms with Gasteiger partial charge in [0.15, 0.2) is 0 Å². The van der Waals surface area contributed by atoms with E-state index in [2.05, 4.69) is 10.6 Å². The van der Waals surface area contributed by atoms with Gasteiger partial charge >= 0.3 is 5.97 Å². The first kappa shape index (κ1) is 16.8. The van der Waals surface area contributed by atoms with E-state index < -0.39 is 18.4 Å². The normalized spacial score (nSPS) is 9.76. The SMILES string of the molecule is O=C(O)CNC(=O)CNC(=O)CCOc1ccc(Cl)cc1. The standard InChI is InChI=1S/C13H15ClN2O5/c14-9-1-3-10(4-2-9)21-6-5-11(17)15-7-12(18)16-8-13(19)20/h1-4H,5-8H2,(H,15,17)(H,16,18)(H,19,20). The first-order valence-electron chi connectivity index (χ1n) is 6.11. The van der Waals surface area contributed by atoms with Crippen LogP contribution in [0.4, 0.5) is 0 Å². The molecule has 0 fully saturated rings. The summed E-state index contributed by atoms with van der Waals surface area (Å²) in [5, 5.41) is 13.4. The number of ether oxygens (including phenoxy) is 1. The minimum absolute atomic E-state index is 0.0782. The molecule has 2 amide bonds. The number of carbonyl (C=O) groups excluding carboxylic acids is 2. The Balaban J connectivity index is 2.15. The van der Waals surface area contributed by atoms with Crippen LogP contribution in [0, 0.1) is 0 Å². The van der Waals surface area contributed by atoms with Gasteiger partial charge in [-0.05, 0) is 24.3 Å². The van der Waals surface area contributed by atoms with Crippen molar-refractivity contribution in [3.05, 3.63) is 29.3 Å². The molecule has 0 aliphatic carbocycles. The molecule has 21 heavy (non-hydrogen) atoms. The quantitative estimate of drug-likeness (QED) is 0.645. The van der Waals surface area contributed by atoms with Crippen molar-refractivity contribution in [3.8, 4) is 5.75 Å². The third-order valence-electron chi connectivity index (χ3n) is 2.29. The Kier molecular flexibility index (Phi) is 7.03. The van der Waals surface area contributed by atoms with Crippen LogP contribution in [0.2, 0.25) is 5.02 Å². The van der Waals surface area contributed by atoms with Crippen LogP contribution in [0.25, 0.3) is 0 Å². The van der Waals surface area contributed by atoms with Gasteiger partial charge in [0.2, 0.25) is 11.8 Å². The molecule has 0 saturated heterocycles. The second kappa shape index (κ2) is 8.80. The molecule has 0 spiro atoms. The van der Waals surface area contributed by atoms with E-state index in [1.54, 1.807) is 24.3 Å². The first-order valence-corrected chi connectivity index (χ1v) is 6.48. The van der Waals surface area contributed by atoms with Crippen molar-refractivity contribution in [1.82, 2.24) is 10.6 Å². The highest BCUT2D eigenvalue weighted by atomic mass is 35.5. The predicted molar refractivity (Wildman–Crippen MR) is 75.2 cm³/mol. The molecule has 3 N–H and O–H groups in total.